The van der Waals surface area contributed by atoms with Gasteiger partial charge in [-0.05, 0) is 72.2 Å². The lowest BCUT2D eigenvalue weighted by molar-refractivity contribution is 0.0516. The Balaban J connectivity index is 2.21. The van der Waals surface area contributed by atoms with Crippen molar-refractivity contribution in [3.05, 3.63) is 58.1 Å². The Labute approximate surface area is 160 Å². The molecule has 0 spiro atoms. The van der Waals surface area contributed by atoms with Crippen LogP contribution in [-0.4, -0.2) is 30.0 Å². The molecule has 0 radical (unpaired) electrons. The maximum atomic E-state index is 12.7. The maximum absolute atomic E-state index is 12.7. The first-order chi connectivity index (χ1) is 11.8. The number of thiol groups is 1. The minimum absolute atomic E-state index is 0.214. The summed E-state index contributed by atoms with van der Waals surface area (Å²) in [5.74, 6) is -0.0411. The quantitative estimate of drug-likeness (QED) is 0.579. The summed E-state index contributed by atoms with van der Waals surface area (Å²) in [5.41, 5.74) is 3.56. The number of nitrogens with one attached hydrogen (secondary N) is 1. The van der Waals surface area contributed by atoms with Crippen molar-refractivity contribution >= 4 is 40.4 Å². The predicted molar refractivity (Wildman–Crippen MR) is 103 cm³/mol. The van der Waals surface area contributed by atoms with E-state index in [1.165, 1.54) is 5.01 Å². The van der Waals surface area contributed by atoms with Crippen molar-refractivity contribution < 1.29 is 14.3 Å². The molecule has 0 atom stereocenters. The molecule has 132 valence electrons. The van der Waals surface area contributed by atoms with Gasteiger partial charge in [0.05, 0.1) is 11.6 Å². The van der Waals surface area contributed by atoms with Gasteiger partial charge in [-0.1, -0.05) is 0 Å². The lowest BCUT2D eigenvalue weighted by Crippen LogP contribution is -2.50. The van der Waals surface area contributed by atoms with Crippen molar-refractivity contribution in [2.45, 2.75) is 24.8 Å². The number of ether oxygens (including phenoxy) is 1. The monoisotopic (exact) mass is 422 g/mol. The summed E-state index contributed by atoms with van der Waals surface area (Å²) in [6.07, 6.45) is 0. The van der Waals surface area contributed by atoms with Crippen LogP contribution >= 0.6 is 28.6 Å². The lowest BCUT2D eigenvalue weighted by Gasteiger charge is -2.27. The zero-order valence-corrected chi connectivity index (χ0v) is 16.6. The second kappa shape index (κ2) is 8.40. The van der Waals surface area contributed by atoms with Crippen LogP contribution in [0.25, 0.3) is 0 Å². The Bertz CT molecular complexity index is 778. The van der Waals surface area contributed by atoms with Crippen LogP contribution in [0, 0.1) is 0 Å². The average Bonchev–Trinajstić information content (AvgIpc) is 2.59. The molecule has 0 saturated heterocycles. The van der Waals surface area contributed by atoms with Crippen molar-refractivity contribution in [2.75, 3.05) is 7.11 Å². The summed E-state index contributed by atoms with van der Waals surface area (Å²) in [4.78, 5) is 26.0. The van der Waals surface area contributed by atoms with Crippen molar-refractivity contribution in [1.29, 1.82) is 0 Å². The average molecular weight is 423 g/mol. The standard InChI is InChI=1S/C18H19BrN2O3S/c1-11(2)21(18(23)12-4-7-14(25)8-5-12)20-17(22)13-6-9-16(24-3)15(19)10-13/h4-11,25H,1-3H3,(H,20,22). The molecule has 0 heterocycles. The molecule has 0 aliphatic carbocycles. The number of hydrazine groups is 1. The molecule has 2 aromatic rings. The van der Waals surface area contributed by atoms with Gasteiger partial charge in [-0.2, -0.15) is 0 Å². The minimum Gasteiger partial charge on any atom is -0.496 e. The second-order valence-electron chi connectivity index (χ2n) is 5.61. The molecule has 0 fully saturated rings. The van der Waals surface area contributed by atoms with E-state index in [-0.39, 0.29) is 17.9 Å². The Morgan fingerprint density at radius 3 is 2.24 bits per heavy atom. The van der Waals surface area contributed by atoms with E-state index < -0.39 is 0 Å². The number of hydrogen-bond acceptors (Lipinski definition) is 4. The molecule has 0 bridgehead atoms. The third-order valence-corrected chi connectivity index (χ3v) is 4.40. The molecular weight excluding hydrogens is 404 g/mol. The van der Waals surface area contributed by atoms with Gasteiger partial charge in [0, 0.05) is 22.1 Å². The van der Waals surface area contributed by atoms with Crippen LogP contribution in [0.5, 0.6) is 5.75 Å². The molecule has 0 unspecified atom stereocenters. The molecule has 2 amide bonds. The summed E-state index contributed by atoms with van der Waals surface area (Å²) >= 11 is 7.56. The Kier molecular flexibility index (Phi) is 6.50. The van der Waals surface area contributed by atoms with Crippen molar-refractivity contribution in [3.8, 4) is 5.75 Å². The van der Waals surface area contributed by atoms with E-state index in [0.717, 1.165) is 4.90 Å². The first-order valence-corrected chi connectivity index (χ1v) is 8.84. The van der Waals surface area contributed by atoms with Crippen LogP contribution in [0.4, 0.5) is 0 Å². The van der Waals surface area contributed by atoms with Crippen molar-refractivity contribution in [2.24, 2.45) is 0 Å². The number of carbonyl (C=O) groups excluding carboxylic acids is 2. The van der Waals surface area contributed by atoms with Crippen molar-refractivity contribution in [3.63, 3.8) is 0 Å². The number of halogens is 1. The van der Waals surface area contributed by atoms with Gasteiger partial charge in [-0.3, -0.25) is 15.0 Å². The normalized spacial score (nSPS) is 10.5. The van der Waals surface area contributed by atoms with Gasteiger partial charge in [0.1, 0.15) is 5.75 Å². The first-order valence-electron chi connectivity index (χ1n) is 7.60. The SMILES string of the molecule is COc1ccc(C(=O)NN(C(=O)c2ccc(S)cc2)C(C)C)cc1Br. The number of methoxy groups -OCH3 is 1. The van der Waals surface area contributed by atoms with Gasteiger partial charge in [-0.15, -0.1) is 12.6 Å². The molecular formula is C18H19BrN2O3S. The minimum atomic E-state index is -0.379. The van der Waals surface area contributed by atoms with E-state index in [9.17, 15) is 9.59 Å². The van der Waals surface area contributed by atoms with E-state index in [1.54, 1.807) is 49.6 Å². The van der Waals surface area contributed by atoms with Crippen LogP contribution in [0.1, 0.15) is 34.6 Å². The second-order valence-corrected chi connectivity index (χ2v) is 6.98. The molecule has 0 aliphatic heterocycles. The third-order valence-electron chi connectivity index (χ3n) is 3.49. The number of hydrogen-bond donors (Lipinski definition) is 2. The summed E-state index contributed by atoms with van der Waals surface area (Å²) in [6.45, 7) is 3.66. The topological polar surface area (TPSA) is 58.6 Å². The highest BCUT2D eigenvalue weighted by Gasteiger charge is 2.22. The number of amides is 2. The fourth-order valence-electron chi connectivity index (χ4n) is 2.14. The zero-order chi connectivity index (χ0) is 18.6. The van der Waals surface area contributed by atoms with E-state index >= 15 is 0 Å². The smallest absolute Gasteiger partial charge is 0.272 e. The summed E-state index contributed by atoms with van der Waals surface area (Å²) in [7, 11) is 1.55. The van der Waals surface area contributed by atoms with E-state index in [1.807, 2.05) is 13.8 Å². The van der Waals surface area contributed by atoms with Gasteiger partial charge in [0.15, 0.2) is 0 Å². The summed E-state index contributed by atoms with van der Waals surface area (Å²) < 4.78 is 5.82. The molecule has 0 aromatic heterocycles. The van der Waals surface area contributed by atoms with Gasteiger partial charge in [-0.25, -0.2) is 5.01 Å². The zero-order valence-electron chi connectivity index (χ0n) is 14.1. The Morgan fingerprint density at radius 1 is 1.12 bits per heavy atom. The summed E-state index contributed by atoms with van der Waals surface area (Å²) in [6, 6.07) is 11.6. The highest BCUT2D eigenvalue weighted by Crippen LogP contribution is 2.25. The maximum Gasteiger partial charge on any atom is 0.272 e. The van der Waals surface area contributed by atoms with Crippen molar-refractivity contribution in [1.82, 2.24) is 10.4 Å². The van der Waals surface area contributed by atoms with Crippen LogP contribution in [0.15, 0.2) is 51.8 Å². The number of benzene rings is 2. The lowest BCUT2D eigenvalue weighted by atomic mass is 10.2. The summed E-state index contributed by atoms with van der Waals surface area (Å²) in [5, 5.41) is 1.31. The molecule has 0 aliphatic rings. The highest BCUT2D eigenvalue weighted by molar-refractivity contribution is 9.10. The molecule has 0 saturated carbocycles. The largest absolute Gasteiger partial charge is 0.496 e. The Hall–Kier alpha value is -1.99. The molecule has 25 heavy (non-hydrogen) atoms. The molecule has 5 nitrogen and oxygen atoms in total. The third kappa shape index (κ3) is 4.76. The van der Waals surface area contributed by atoms with Gasteiger partial charge >= 0.3 is 0 Å². The number of rotatable bonds is 4. The van der Waals surface area contributed by atoms with Crippen LogP contribution in [-0.2, 0) is 0 Å². The predicted octanol–water partition coefficient (Wildman–Crippen LogP) is 3.94. The first kappa shape index (κ1) is 19.3. The number of carbonyl (C=O) groups is 2. The van der Waals surface area contributed by atoms with E-state index in [2.05, 4.69) is 34.0 Å². The molecule has 2 rings (SSSR count). The molecule has 1 N–H and O–H groups in total. The van der Waals surface area contributed by atoms with Gasteiger partial charge in [0.2, 0.25) is 0 Å². The van der Waals surface area contributed by atoms with Crippen LogP contribution < -0.4 is 10.2 Å². The van der Waals surface area contributed by atoms with Crippen LogP contribution in [0.3, 0.4) is 0 Å². The fraction of sp³-hybridized carbons (Fsp3) is 0.222. The van der Waals surface area contributed by atoms with Gasteiger partial charge in [0.25, 0.3) is 11.8 Å². The van der Waals surface area contributed by atoms with E-state index in [4.69, 9.17) is 4.74 Å². The highest BCUT2D eigenvalue weighted by atomic mass is 79.9. The van der Waals surface area contributed by atoms with Crippen LogP contribution in [0.2, 0.25) is 0 Å². The van der Waals surface area contributed by atoms with E-state index in [0.29, 0.717) is 21.3 Å². The number of nitrogens with zero attached hydrogens (tertiary/aromatic N) is 1. The fourth-order valence-corrected chi connectivity index (χ4v) is 2.83. The Morgan fingerprint density at radius 2 is 1.72 bits per heavy atom. The van der Waals surface area contributed by atoms with Gasteiger partial charge < -0.3 is 4.74 Å². The molecule has 2 aromatic carbocycles. The molecule has 7 heteroatoms.